The predicted octanol–water partition coefficient (Wildman–Crippen LogP) is 2.71. The van der Waals surface area contributed by atoms with Gasteiger partial charge in [-0.2, -0.15) is 0 Å². The van der Waals surface area contributed by atoms with E-state index < -0.39 is 0 Å². The minimum atomic E-state index is 0.0835. The number of pyridine rings is 1. The maximum absolute atomic E-state index is 12.7. The zero-order valence-electron chi connectivity index (χ0n) is 14.3. The molecule has 2 aromatic rings. The first-order valence-electron chi connectivity index (χ1n) is 8.77. The fourth-order valence-electron chi connectivity index (χ4n) is 2.93. The minimum absolute atomic E-state index is 0.0835. The molecule has 1 atom stereocenters. The zero-order valence-corrected chi connectivity index (χ0v) is 14.3. The lowest BCUT2D eigenvalue weighted by Crippen LogP contribution is -2.40. The summed E-state index contributed by atoms with van der Waals surface area (Å²) in [6, 6.07) is 13.4. The first-order chi connectivity index (χ1) is 12.3. The molecular formula is C20H24N2O3. The largest absolute Gasteiger partial charge is 0.492 e. The maximum atomic E-state index is 12.7. The molecule has 1 aliphatic rings. The highest BCUT2D eigenvalue weighted by molar-refractivity contribution is 5.78. The van der Waals surface area contributed by atoms with E-state index in [-0.39, 0.29) is 12.0 Å². The third kappa shape index (κ3) is 5.57. The van der Waals surface area contributed by atoms with E-state index >= 15 is 0 Å². The summed E-state index contributed by atoms with van der Waals surface area (Å²) < 4.78 is 11.5. The average Bonchev–Trinajstić information content (AvgIpc) is 3.16. The van der Waals surface area contributed by atoms with Crippen LogP contribution in [0.25, 0.3) is 0 Å². The zero-order chi connectivity index (χ0) is 17.3. The van der Waals surface area contributed by atoms with Gasteiger partial charge in [0.05, 0.1) is 19.1 Å². The molecule has 1 aliphatic heterocycles. The summed E-state index contributed by atoms with van der Waals surface area (Å²) in [5.41, 5.74) is 0.925. The van der Waals surface area contributed by atoms with Crippen LogP contribution in [0, 0.1) is 0 Å². The number of ether oxygens (including phenoxy) is 2. The summed E-state index contributed by atoms with van der Waals surface area (Å²) in [6.07, 6.45) is 6.02. The van der Waals surface area contributed by atoms with Crippen LogP contribution < -0.4 is 4.74 Å². The van der Waals surface area contributed by atoms with Crippen molar-refractivity contribution in [3.63, 3.8) is 0 Å². The number of rotatable bonds is 8. The Labute approximate surface area is 148 Å². The predicted molar refractivity (Wildman–Crippen MR) is 95.4 cm³/mol. The highest BCUT2D eigenvalue weighted by Crippen LogP contribution is 2.15. The van der Waals surface area contributed by atoms with Crippen LogP contribution in [0.4, 0.5) is 0 Å². The Morgan fingerprint density at radius 3 is 2.84 bits per heavy atom. The second kappa shape index (κ2) is 9.18. The smallest absolute Gasteiger partial charge is 0.227 e. The van der Waals surface area contributed by atoms with Crippen LogP contribution in [-0.4, -0.2) is 48.2 Å². The van der Waals surface area contributed by atoms with E-state index in [1.54, 1.807) is 12.4 Å². The standard InChI is InChI=1S/C20H24N2O3/c23-20(14-17-6-4-10-21-15-17)22(16-19-9-5-12-24-19)11-13-25-18-7-2-1-3-8-18/h1-4,6-8,10,15,19H,5,9,11-14,16H2. The first kappa shape index (κ1) is 17.4. The summed E-state index contributed by atoms with van der Waals surface area (Å²) in [4.78, 5) is 18.7. The topological polar surface area (TPSA) is 51.7 Å². The van der Waals surface area contributed by atoms with Gasteiger partial charge < -0.3 is 14.4 Å². The molecule has 1 aromatic carbocycles. The summed E-state index contributed by atoms with van der Waals surface area (Å²) in [5, 5.41) is 0. The van der Waals surface area contributed by atoms with Crippen LogP contribution in [0.15, 0.2) is 54.9 Å². The van der Waals surface area contributed by atoms with Crippen LogP contribution in [0.3, 0.4) is 0 Å². The van der Waals surface area contributed by atoms with Gasteiger partial charge >= 0.3 is 0 Å². The SMILES string of the molecule is O=C(Cc1cccnc1)N(CCOc1ccccc1)CC1CCCO1. The van der Waals surface area contributed by atoms with Gasteiger partial charge in [-0.25, -0.2) is 0 Å². The molecule has 1 amide bonds. The molecule has 3 rings (SSSR count). The van der Waals surface area contributed by atoms with Gasteiger partial charge in [0.2, 0.25) is 5.91 Å². The molecule has 132 valence electrons. The number of hydrogen-bond donors (Lipinski definition) is 0. The van der Waals surface area contributed by atoms with Crippen molar-refractivity contribution in [2.24, 2.45) is 0 Å². The summed E-state index contributed by atoms with van der Waals surface area (Å²) in [7, 11) is 0. The van der Waals surface area contributed by atoms with Crippen molar-refractivity contribution in [3.05, 3.63) is 60.4 Å². The number of nitrogens with zero attached hydrogens (tertiary/aromatic N) is 2. The molecule has 0 bridgehead atoms. The lowest BCUT2D eigenvalue weighted by Gasteiger charge is -2.25. The summed E-state index contributed by atoms with van der Waals surface area (Å²) >= 11 is 0. The molecule has 0 aliphatic carbocycles. The molecule has 1 fully saturated rings. The molecule has 25 heavy (non-hydrogen) atoms. The van der Waals surface area contributed by atoms with Crippen LogP contribution in [0.5, 0.6) is 5.75 Å². The number of benzene rings is 1. The molecule has 5 heteroatoms. The van der Waals surface area contributed by atoms with Gasteiger partial charge in [-0.3, -0.25) is 9.78 Å². The Morgan fingerprint density at radius 2 is 2.12 bits per heavy atom. The van der Waals surface area contributed by atoms with Crippen molar-refractivity contribution in [2.45, 2.75) is 25.4 Å². The van der Waals surface area contributed by atoms with Gasteiger partial charge in [-0.1, -0.05) is 24.3 Å². The molecule has 1 saturated heterocycles. The molecule has 0 radical (unpaired) electrons. The number of carbonyl (C=O) groups excluding carboxylic acids is 1. The van der Waals surface area contributed by atoms with Gasteiger partial charge in [0, 0.05) is 25.5 Å². The van der Waals surface area contributed by atoms with E-state index in [0.29, 0.717) is 26.1 Å². The number of amides is 1. The highest BCUT2D eigenvalue weighted by atomic mass is 16.5. The number of hydrogen-bond acceptors (Lipinski definition) is 4. The van der Waals surface area contributed by atoms with E-state index in [1.807, 2.05) is 47.4 Å². The fourth-order valence-corrected chi connectivity index (χ4v) is 2.93. The molecule has 5 nitrogen and oxygen atoms in total. The molecule has 0 N–H and O–H groups in total. The third-order valence-electron chi connectivity index (χ3n) is 4.25. The average molecular weight is 340 g/mol. The first-order valence-corrected chi connectivity index (χ1v) is 8.77. The number of carbonyl (C=O) groups is 1. The third-order valence-corrected chi connectivity index (χ3v) is 4.25. The Morgan fingerprint density at radius 1 is 1.24 bits per heavy atom. The maximum Gasteiger partial charge on any atom is 0.227 e. The van der Waals surface area contributed by atoms with Crippen molar-refractivity contribution in [1.29, 1.82) is 0 Å². The fraction of sp³-hybridized carbons (Fsp3) is 0.400. The van der Waals surface area contributed by atoms with E-state index in [2.05, 4.69) is 4.98 Å². The van der Waals surface area contributed by atoms with Crippen molar-refractivity contribution in [2.75, 3.05) is 26.3 Å². The molecule has 0 saturated carbocycles. The van der Waals surface area contributed by atoms with Crippen molar-refractivity contribution >= 4 is 5.91 Å². The van der Waals surface area contributed by atoms with Gasteiger partial charge in [-0.05, 0) is 36.6 Å². The summed E-state index contributed by atoms with van der Waals surface area (Å²) in [6.45, 7) is 2.43. The molecular weight excluding hydrogens is 316 g/mol. The number of para-hydroxylation sites is 1. The number of aromatic nitrogens is 1. The molecule has 1 aromatic heterocycles. The molecule has 0 spiro atoms. The Balaban J connectivity index is 1.56. The Kier molecular flexibility index (Phi) is 6.40. The van der Waals surface area contributed by atoms with Crippen LogP contribution in [0.2, 0.25) is 0 Å². The van der Waals surface area contributed by atoms with Gasteiger partial charge in [0.25, 0.3) is 0 Å². The highest BCUT2D eigenvalue weighted by Gasteiger charge is 2.22. The van der Waals surface area contributed by atoms with Crippen LogP contribution >= 0.6 is 0 Å². The second-order valence-electron chi connectivity index (χ2n) is 6.17. The van der Waals surface area contributed by atoms with E-state index in [1.165, 1.54) is 0 Å². The molecule has 2 heterocycles. The van der Waals surface area contributed by atoms with Crippen molar-refractivity contribution < 1.29 is 14.3 Å². The van der Waals surface area contributed by atoms with Gasteiger partial charge in [0.15, 0.2) is 0 Å². The van der Waals surface area contributed by atoms with E-state index in [9.17, 15) is 4.79 Å². The van der Waals surface area contributed by atoms with Crippen molar-refractivity contribution in [3.8, 4) is 5.75 Å². The monoisotopic (exact) mass is 340 g/mol. The minimum Gasteiger partial charge on any atom is -0.492 e. The van der Waals surface area contributed by atoms with Crippen LogP contribution in [0.1, 0.15) is 18.4 Å². The second-order valence-corrected chi connectivity index (χ2v) is 6.17. The van der Waals surface area contributed by atoms with Crippen LogP contribution in [-0.2, 0) is 16.0 Å². The van der Waals surface area contributed by atoms with Gasteiger partial charge in [0.1, 0.15) is 12.4 Å². The summed E-state index contributed by atoms with van der Waals surface area (Å²) in [5.74, 6) is 0.902. The normalized spacial score (nSPS) is 16.6. The van der Waals surface area contributed by atoms with Gasteiger partial charge in [-0.15, -0.1) is 0 Å². The Bertz CT molecular complexity index is 643. The lowest BCUT2D eigenvalue weighted by atomic mass is 10.1. The van der Waals surface area contributed by atoms with E-state index in [4.69, 9.17) is 9.47 Å². The lowest BCUT2D eigenvalue weighted by molar-refractivity contribution is -0.132. The van der Waals surface area contributed by atoms with E-state index in [0.717, 1.165) is 30.8 Å². The Hall–Kier alpha value is -2.40. The van der Waals surface area contributed by atoms with Crippen molar-refractivity contribution in [1.82, 2.24) is 9.88 Å². The molecule has 1 unspecified atom stereocenters. The quantitative estimate of drug-likeness (QED) is 0.741.